The van der Waals surface area contributed by atoms with Crippen LogP contribution in [0.5, 0.6) is 0 Å². The zero-order valence-electron chi connectivity index (χ0n) is 12.5. The molecule has 1 fully saturated rings. The van der Waals surface area contributed by atoms with E-state index in [1.807, 2.05) is 4.90 Å². The van der Waals surface area contributed by atoms with E-state index in [0.29, 0.717) is 12.8 Å². The molecule has 21 heavy (non-hydrogen) atoms. The van der Waals surface area contributed by atoms with E-state index in [0.717, 1.165) is 38.8 Å². The van der Waals surface area contributed by atoms with Crippen LogP contribution in [0.2, 0.25) is 0 Å². The molecule has 5 heteroatoms. The number of fused-ring (bicyclic) bond motifs is 1. The van der Waals surface area contributed by atoms with E-state index >= 15 is 0 Å². The van der Waals surface area contributed by atoms with Crippen LogP contribution in [0.1, 0.15) is 49.5 Å². The van der Waals surface area contributed by atoms with Crippen molar-refractivity contribution in [2.75, 3.05) is 6.54 Å². The molecule has 2 aliphatic heterocycles. The first-order valence-corrected chi connectivity index (χ1v) is 8.64. The molecule has 1 unspecified atom stereocenters. The number of rotatable bonds is 4. The minimum atomic E-state index is -0.143. The Labute approximate surface area is 129 Å². The summed E-state index contributed by atoms with van der Waals surface area (Å²) in [6.07, 6.45) is 4.65. The van der Waals surface area contributed by atoms with Crippen LogP contribution in [0.15, 0.2) is 11.4 Å². The summed E-state index contributed by atoms with van der Waals surface area (Å²) in [4.78, 5) is 27.3. The van der Waals surface area contributed by atoms with Gasteiger partial charge in [0.1, 0.15) is 0 Å². The Kier molecular flexibility index (Phi) is 4.02. The molecule has 4 nitrogen and oxygen atoms in total. The Morgan fingerprint density at radius 3 is 3.05 bits per heavy atom. The third kappa shape index (κ3) is 2.98. The van der Waals surface area contributed by atoms with Gasteiger partial charge in [-0.25, -0.2) is 0 Å². The predicted molar refractivity (Wildman–Crippen MR) is 83.1 cm³/mol. The lowest BCUT2D eigenvalue weighted by Crippen LogP contribution is -2.43. The lowest BCUT2D eigenvalue weighted by molar-refractivity contribution is -0.132. The second-order valence-corrected chi connectivity index (χ2v) is 7.12. The molecule has 0 radical (unpaired) electrons. The highest BCUT2D eigenvalue weighted by atomic mass is 32.1. The van der Waals surface area contributed by atoms with Crippen LogP contribution in [0.25, 0.3) is 0 Å². The van der Waals surface area contributed by atoms with E-state index in [4.69, 9.17) is 0 Å². The third-order valence-electron chi connectivity index (χ3n) is 4.89. The van der Waals surface area contributed by atoms with Crippen LogP contribution in [0.4, 0.5) is 0 Å². The van der Waals surface area contributed by atoms with Gasteiger partial charge in [0.2, 0.25) is 11.8 Å². The zero-order chi connectivity index (χ0) is 14.9. The summed E-state index contributed by atoms with van der Waals surface area (Å²) in [5.41, 5.74) is 1.16. The standard InChI is InChI=1S/C16H22N2O2S/c1-2-16(7-3-14(19)17-16)8-4-15(20)18-9-5-13-12(11-18)6-10-21-13/h6,10H,2-5,7-9,11H2,1H3,(H,17,19). The molecule has 1 saturated heterocycles. The van der Waals surface area contributed by atoms with Crippen molar-refractivity contribution in [1.82, 2.24) is 10.2 Å². The summed E-state index contributed by atoms with van der Waals surface area (Å²) >= 11 is 1.79. The van der Waals surface area contributed by atoms with E-state index in [1.54, 1.807) is 11.3 Å². The van der Waals surface area contributed by atoms with E-state index in [-0.39, 0.29) is 17.4 Å². The minimum Gasteiger partial charge on any atom is -0.351 e. The third-order valence-corrected chi connectivity index (χ3v) is 5.91. The molecule has 0 aliphatic carbocycles. The van der Waals surface area contributed by atoms with Gasteiger partial charge in [-0.15, -0.1) is 11.3 Å². The van der Waals surface area contributed by atoms with Crippen LogP contribution in [-0.2, 0) is 22.6 Å². The molecule has 2 amide bonds. The Morgan fingerprint density at radius 2 is 2.33 bits per heavy atom. The van der Waals surface area contributed by atoms with Crippen LogP contribution in [0.3, 0.4) is 0 Å². The van der Waals surface area contributed by atoms with Gasteiger partial charge in [0.25, 0.3) is 0 Å². The van der Waals surface area contributed by atoms with Crippen molar-refractivity contribution >= 4 is 23.2 Å². The Bertz CT molecular complexity index is 554. The maximum atomic E-state index is 12.4. The highest BCUT2D eigenvalue weighted by Crippen LogP contribution is 2.30. The van der Waals surface area contributed by atoms with Gasteiger partial charge in [-0.2, -0.15) is 0 Å². The highest BCUT2D eigenvalue weighted by molar-refractivity contribution is 7.10. The largest absolute Gasteiger partial charge is 0.351 e. The minimum absolute atomic E-state index is 0.130. The fraction of sp³-hybridized carbons (Fsp3) is 0.625. The summed E-state index contributed by atoms with van der Waals surface area (Å²) in [7, 11) is 0. The first kappa shape index (κ1) is 14.6. The van der Waals surface area contributed by atoms with E-state index < -0.39 is 0 Å². The van der Waals surface area contributed by atoms with Crippen LogP contribution >= 0.6 is 11.3 Å². The summed E-state index contributed by atoms with van der Waals surface area (Å²) < 4.78 is 0. The molecule has 1 atom stereocenters. The van der Waals surface area contributed by atoms with Crippen LogP contribution in [-0.4, -0.2) is 28.8 Å². The number of nitrogens with one attached hydrogen (secondary N) is 1. The fourth-order valence-corrected chi connectivity index (χ4v) is 4.26. The van der Waals surface area contributed by atoms with Crippen molar-refractivity contribution in [3.63, 3.8) is 0 Å². The molecule has 1 aromatic heterocycles. The average molecular weight is 306 g/mol. The second-order valence-electron chi connectivity index (χ2n) is 6.12. The molecule has 0 spiro atoms. The predicted octanol–water partition coefficient (Wildman–Crippen LogP) is 2.47. The number of thiophene rings is 1. The van der Waals surface area contributed by atoms with Gasteiger partial charge in [-0.05, 0) is 42.7 Å². The Hall–Kier alpha value is -1.36. The van der Waals surface area contributed by atoms with Gasteiger partial charge in [-0.1, -0.05) is 6.92 Å². The lowest BCUT2D eigenvalue weighted by atomic mass is 9.88. The summed E-state index contributed by atoms with van der Waals surface area (Å²) in [6.45, 7) is 3.68. The topological polar surface area (TPSA) is 49.4 Å². The van der Waals surface area contributed by atoms with Crippen molar-refractivity contribution in [2.24, 2.45) is 0 Å². The Balaban J connectivity index is 1.56. The van der Waals surface area contributed by atoms with Crippen LogP contribution in [0, 0.1) is 0 Å². The molecule has 2 aliphatic rings. The zero-order valence-corrected chi connectivity index (χ0v) is 13.3. The van der Waals surface area contributed by atoms with Gasteiger partial charge in [-0.3, -0.25) is 9.59 Å². The van der Waals surface area contributed by atoms with Gasteiger partial charge in [0.05, 0.1) is 0 Å². The molecular formula is C16H22N2O2S. The molecule has 114 valence electrons. The van der Waals surface area contributed by atoms with Crippen LogP contribution < -0.4 is 5.32 Å². The maximum Gasteiger partial charge on any atom is 0.222 e. The average Bonchev–Trinajstić information content (AvgIpc) is 3.11. The lowest BCUT2D eigenvalue weighted by Gasteiger charge is -2.31. The van der Waals surface area contributed by atoms with E-state index in [2.05, 4.69) is 23.7 Å². The van der Waals surface area contributed by atoms with E-state index in [1.165, 1.54) is 10.4 Å². The molecule has 3 heterocycles. The molecule has 1 aromatic rings. The number of hydrogen-bond acceptors (Lipinski definition) is 3. The molecule has 0 bridgehead atoms. The molecule has 1 N–H and O–H groups in total. The van der Waals surface area contributed by atoms with Crippen molar-refractivity contribution in [1.29, 1.82) is 0 Å². The second kappa shape index (κ2) is 5.79. The van der Waals surface area contributed by atoms with Gasteiger partial charge < -0.3 is 10.2 Å². The number of hydrogen-bond donors (Lipinski definition) is 1. The summed E-state index contributed by atoms with van der Waals surface area (Å²) in [5, 5.41) is 5.19. The SMILES string of the molecule is CCC1(CCC(=O)N2CCc3sccc3C2)CCC(=O)N1. The van der Waals surface area contributed by atoms with Crippen molar-refractivity contribution in [3.8, 4) is 0 Å². The molecule has 3 rings (SSSR count). The fourth-order valence-electron chi connectivity index (χ4n) is 3.37. The smallest absolute Gasteiger partial charge is 0.222 e. The quantitative estimate of drug-likeness (QED) is 0.929. The van der Waals surface area contributed by atoms with Crippen molar-refractivity contribution in [3.05, 3.63) is 21.9 Å². The summed E-state index contributed by atoms with van der Waals surface area (Å²) in [5.74, 6) is 0.353. The first-order valence-electron chi connectivity index (χ1n) is 7.76. The number of amides is 2. The maximum absolute atomic E-state index is 12.4. The van der Waals surface area contributed by atoms with Crippen molar-refractivity contribution in [2.45, 2.75) is 57.5 Å². The number of carbonyl (C=O) groups is 2. The number of nitrogens with zero attached hydrogens (tertiary/aromatic N) is 1. The van der Waals surface area contributed by atoms with E-state index in [9.17, 15) is 9.59 Å². The van der Waals surface area contributed by atoms with Crippen molar-refractivity contribution < 1.29 is 9.59 Å². The first-order chi connectivity index (χ1) is 10.1. The monoisotopic (exact) mass is 306 g/mol. The molecular weight excluding hydrogens is 284 g/mol. The molecule has 0 aromatic carbocycles. The van der Waals surface area contributed by atoms with Gasteiger partial charge in [0.15, 0.2) is 0 Å². The molecule has 0 saturated carbocycles. The normalized spacial score (nSPS) is 24.8. The summed E-state index contributed by atoms with van der Waals surface area (Å²) in [6, 6.07) is 2.13. The van der Waals surface area contributed by atoms with Gasteiger partial charge in [0, 0.05) is 36.3 Å². The highest BCUT2D eigenvalue weighted by Gasteiger charge is 2.36. The Morgan fingerprint density at radius 1 is 1.48 bits per heavy atom. The van der Waals surface area contributed by atoms with Gasteiger partial charge >= 0.3 is 0 Å². The number of carbonyl (C=O) groups excluding carboxylic acids is 2.